The highest BCUT2D eigenvalue weighted by molar-refractivity contribution is 5.89. The van der Waals surface area contributed by atoms with Crippen molar-refractivity contribution in [2.45, 2.75) is 38.8 Å². The third-order valence-electron chi connectivity index (χ3n) is 4.53. The summed E-state index contributed by atoms with van der Waals surface area (Å²) in [5, 5.41) is 0. The summed E-state index contributed by atoms with van der Waals surface area (Å²) in [6.45, 7) is 4.82. The number of benzene rings is 1. The van der Waals surface area contributed by atoms with Gasteiger partial charge in [0.1, 0.15) is 0 Å². The fraction of sp³-hybridized carbons (Fsp3) is 0.588. The van der Waals surface area contributed by atoms with Gasteiger partial charge in [0.2, 0.25) is 0 Å². The number of carbonyl (C=O) groups is 1. The van der Waals surface area contributed by atoms with Gasteiger partial charge in [-0.2, -0.15) is 0 Å². The van der Waals surface area contributed by atoms with E-state index >= 15 is 0 Å². The largest absolute Gasteiger partial charge is 0.465 e. The van der Waals surface area contributed by atoms with E-state index in [-0.39, 0.29) is 5.97 Å². The lowest BCUT2D eigenvalue weighted by molar-refractivity contribution is 0.0600. The van der Waals surface area contributed by atoms with Crippen molar-refractivity contribution in [1.82, 2.24) is 4.90 Å². The van der Waals surface area contributed by atoms with Crippen molar-refractivity contribution in [2.75, 3.05) is 20.2 Å². The predicted octanol–water partition coefficient (Wildman–Crippen LogP) is 2.42. The minimum absolute atomic E-state index is 0.277. The van der Waals surface area contributed by atoms with E-state index in [1.807, 2.05) is 12.1 Å². The highest BCUT2D eigenvalue weighted by atomic mass is 16.5. The van der Waals surface area contributed by atoms with Crippen LogP contribution in [0.4, 0.5) is 0 Å². The van der Waals surface area contributed by atoms with E-state index in [1.165, 1.54) is 26.4 Å². The second-order valence-corrected chi connectivity index (χ2v) is 5.75. The average molecular weight is 290 g/mol. The Kier molecular flexibility index (Phi) is 5.76. The first-order valence-electron chi connectivity index (χ1n) is 7.81. The van der Waals surface area contributed by atoms with Crippen LogP contribution in [-0.2, 0) is 11.3 Å². The molecule has 0 aliphatic heterocycles. The van der Waals surface area contributed by atoms with Crippen molar-refractivity contribution < 1.29 is 9.53 Å². The lowest BCUT2D eigenvalue weighted by Crippen LogP contribution is -2.39. The van der Waals surface area contributed by atoms with E-state index in [4.69, 9.17) is 10.5 Å². The van der Waals surface area contributed by atoms with E-state index in [9.17, 15) is 4.79 Å². The van der Waals surface area contributed by atoms with Crippen molar-refractivity contribution in [3.05, 3.63) is 35.4 Å². The lowest BCUT2D eigenvalue weighted by Gasteiger charge is -2.31. The van der Waals surface area contributed by atoms with Gasteiger partial charge in [-0.05, 0) is 49.5 Å². The van der Waals surface area contributed by atoms with E-state index in [1.54, 1.807) is 6.07 Å². The molecule has 1 aromatic rings. The van der Waals surface area contributed by atoms with Crippen molar-refractivity contribution in [1.29, 1.82) is 0 Å². The van der Waals surface area contributed by atoms with E-state index in [2.05, 4.69) is 17.9 Å². The molecule has 1 saturated carbocycles. The molecule has 1 aliphatic carbocycles. The summed E-state index contributed by atoms with van der Waals surface area (Å²) < 4.78 is 4.79. The summed E-state index contributed by atoms with van der Waals surface area (Å²) >= 11 is 0. The number of nitrogens with two attached hydrogens (primary N) is 1. The average Bonchev–Trinajstić information content (AvgIpc) is 3.00. The van der Waals surface area contributed by atoms with Gasteiger partial charge in [0, 0.05) is 12.6 Å². The third kappa shape index (κ3) is 3.83. The van der Waals surface area contributed by atoms with Gasteiger partial charge >= 0.3 is 5.97 Å². The number of ether oxygens (including phenoxy) is 1. The van der Waals surface area contributed by atoms with Crippen LogP contribution in [0.3, 0.4) is 0 Å². The van der Waals surface area contributed by atoms with Crippen LogP contribution >= 0.6 is 0 Å². The Labute approximate surface area is 127 Å². The first kappa shape index (κ1) is 16.0. The Morgan fingerprint density at radius 1 is 1.43 bits per heavy atom. The molecule has 4 nitrogen and oxygen atoms in total. The molecule has 2 N–H and O–H groups in total. The van der Waals surface area contributed by atoms with E-state index in [0.717, 1.165) is 25.2 Å². The molecule has 21 heavy (non-hydrogen) atoms. The first-order valence-corrected chi connectivity index (χ1v) is 7.81. The van der Waals surface area contributed by atoms with Crippen LogP contribution < -0.4 is 5.73 Å². The summed E-state index contributed by atoms with van der Waals surface area (Å²) in [5.41, 5.74) is 7.68. The van der Waals surface area contributed by atoms with E-state index < -0.39 is 0 Å². The number of hydrogen-bond donors (Lipinski definition) is 1. The molecular formula is C17H26N2O2. The SMILES string of the molecule is CCN(Cc1cccc(C(=O)OC)c1)C1CCCC1CN. The molecule has 4 heteroatoms. The molecule has 1 aromatic carbocycles. The minimum Gasteiger partial charge on any atom is -0.465 e. The molecule has 0 aromatic heterocycles. The number of carbonyl (C=O) groups excluding carboxylic acids is 1. The Morgan fingerprint density at radius 2 is 2.24 bits per heavy atom. The van der Waals surface area contributed by atoms with Crippen LogP contribution in [0.2, 0.25) is 0 Å². The zero-order chi connectivity index (χ0) is 15.2. The monoisotopic (exact) mass is 290 g/mol. The van der Waals surface area contributed by atoms with Crippen LogP contribution in [0.1, 0.15) is 42.1 Å². The standard InChI is InChI=1S/C17H26N2O2/c1-3-19(16-9-5-8-15(16)11-18)12-13-6-4-7-14(10-13)17(20)21-2/h4,6-7,10,15-16H,3,5,8-9,11-12,18H2,1-2H3. The van der Waals surface area contributed by atoms with Gasteiger partial charge < -0.3 is 10.5 Å². The zero-order valence-corrected chi connectivity index (χ0v) is 13.0. The molecule has 0 radical (unpaired) electrons. The fourth-order valence-corrected chi connectivity index (χ4v) is 3.39. The second-order valence-electron chi connectivity index (χ2n) is 5.75. The Hall–Kier alpha value is -1.39. The van der Waals surface area contributed by atoms with Crippen molar-refractivity contribution >= 4 is 5.97 Å². The quantitative estimate of drug-likeness (QED) is 0.818. The summed E-state index contributed by atoms with van der Waals surface area (Å²) in [6.07, 6.45) is 3.73. The smallest absolute Gasteiger partial charge is 0.337 e. The summed E-state index contributed by atoms with van der Waals surface area (Å²) in [4.78, 5) is 14.1. The van der Waals surface area contributed by atoms with Crippen LogP contribution in [0, 0.1) is 5.92 Å². The van der Waals surface area contributed by atoms with Crippen molar-refractivity contribution in [2.24, 2.45) is 11.7 Å². The van der Waals surface area contributed by atoms with Crippen molar-refractivity contribution in [3.8, 4) is 0 Å². The Morgan fingerprint density at radius 3 is 2.90 bits per heavy atom. The maximum absolute atomic E-state index is 11.6. The molecule has 0 saturated heterocycles. The molecule has 2 rings (SSSR count). The fourth-order valence-electron chi connectivity index (χ4n) is 3.39. The third-order valence-corrected chi connectivity index (χ3v) is 4.53. The zero-order valence-electron chi connectivity index (χ0n) is 13.0. The van der Waals surface area contributed by atoms with Crippen LogP contribution in [0.25, 0.3) is 0 Å². The van der Waals surface area contributed by atoms with Crippen molar-refractivity contribution in [3.63, 3.8) is 0 Å². The van der Waals surface area contributed by atoms with Gasteiger partial charge in [-0.1, -0.05) is 25.5 Å². The number of rotatable bonds is 6. The first-order chi connectivity index (χ1) is 10.2. The lowest BCUT2D eigenvalue weighted by atomic mass is 10.0. The highest BCUT2D eigenvalue weighted by Gasteiger charge is 2.30. The highest BCUT2D eigenvalue weighted by Crippen LogP contribution is 2.30. The number of methoxy groups -OCH3 is 1. The Bertz CT molecular complexity index is 476. The van der Waals surface area contributed by atoms with Gasteiger partial charge in [-0.15, -0.1) is 0 Å². The summed E-state index contributed by atoms with van der Waals surface area (Å²) in [5.74, 6) is 0.328. The molecule has 2 atom stereocenters. The van der Waals surface area contributed by atoms with Crippen LogP contribution in [0.5, 0.6) is 0 Å². The maximum atomic E-state index is 11.6. The number of hydrogen-bond acceptors (Lipinski definition) is 4. The molecular weight excluding hydrogens is 264 g/mol. The molecule has 0 spiro atoms. The van der Waals surface area contributed by atoms with Gasteiger partial charge in [-0.25, -0.2) is 4.79 Å². The molecule has 1 aliphatic rings. The van der Waals surface area contributed by atoms with Gasteiger partial charge in [0.05, 0.1) is 12.7 Å². The van der Waals surface area contributed by atoms with Gasteiger partial charge in [-0.3, -0.25) is 4.90 Å². The molecule has 0 bridgehead atoms. The molecule has 116 valence electrons. The van der Waals surface area contributed by atoms with Gasteiger partial charge in [0.25, 0.3) is 0 Å². The second kappa shape index (κ2) is 7.57. The molecule has 2 unspecified atom stereocenters. The molecule has 1 fully saturated rings. The molecule has 0 heterocycles. The number of esters is 1. The Balaban J connectivity index is 2.09. The molecule has 0 amide bonds. The predicted molar refractivity (Wildman–Crippen MR) is 84.0 cm³/mol. The maximum Gasteiger partial charge on any atom is 0.337 e. The topological polar surface area (TPSA) is 55.6 Å². The normalized spacial score (nSPS) is 21.7. The summed E-state index contributed by atoms with van der Waals surface area (Å²) in [6, 6.07) is 8.29. The van der Waals surface area contributed by atoms with E-state index in [0.29, 0.717) is 17.5 Å². The van der Waals surface area contributed by atoms with Crippen LogP contribution in [-0.4, -0.2) is 37.1 Å². The van der Waals surface area contributed by atoms with Crippen LogP contribution in [0.15, 0.2) is 24.3 Å². The minimum atomic E-state index is -0.277. The van der Waals surface area contributed by atoms with Gasteiger partial charge in [0.15, 0.2) is 0 Å². The summed E-state index contributed by atoms with van der Waals surface area (Å²) in [7, 11) is 1.41. The number of nitrogens with zero attached hydrogens (tertiary/aromatic N) is 1.